The first-order valence-corrected chi connectivity index (χ1v) is 12.5. The second-order valence-electron chi connectivity index (χ2n) is 10.3. The third-order valence-electron chi connectivity index (χ3n) is 6.93. The van der Waals surface area contributed by atoms with Crippen LogP contribution in [0.1, 0.15) is 55.1 Å². The van der Waals surface area contributed by atoms with Crippen molar-refractivity contribution in [2.75, 3.05) is 30.5 Å². The van der Waals surface area contributed by atoms with Crippen molar-refractivity contribution in [2.45, 2.75) is 59.0 Å². The summed E-state index contributed by atoms with van der Waals surface area (Å²) in [5.41, 5.74) is 2.04. The van der Waals surface area contributed by atoms with E-state index in [4.69, 9.17) is 19.4 Å². The molecule has 0 atom stereocenters. The van der Waals surface area contributed by atoms with Gasteiger partial charge in [0.25, 0.3) is 5.91 Å². The number of hydrogen-bond donors (Lipinski definition) is 1. The monoisotopic (exact) mass is 520 g/mol. The van der Waals surface area contributed by atoms with E-state index < -0.39 is 6.09 Å². The predicted octanol–water partition coefficient (Wildman–Crippen LogP) is 2.86. The lowest BCUT2D eigenvalue weighted by Crippen LogP contribution is -2.38. The Bertz CT molecular complexity index is 1400. The fraction of sp³-hybridized carbons (Fsp3) is 0.462. The average Bonchev–Trinajstić information content (AvgIpc) is 3.49. The second kappa shape index (κ2) is 9.67. The standard InChI is InChI=1S/C26H32N8O4/c1-15(2)32(6)21-10-16-17(19(29-21)12-38-25(36)27-5)11-33(24(16)35)20-9-7-8-18(28-20)23-31-30-22-13-37-14-26(3,4)34(22)23/h7-10,15H,11-14H2,1-6H3,(H,27,36). The maximum absolute atomic E-state index is 13.7. The van der Waals surface area contributed by atoms with E-state index in [0.29, 0.717) is 53.2 Å². The molecule has 3 aromatic rings. The molecule has 2 aliphatic rings. The molecule has 1 N–H and O–H groups in total. The number of aromatic nitrogens is 5. The first kappa shape index (κ1) is 25.6. The molecule has 0 fully saturated rings. The summed E-state index contributed by atoms with van der Waals surface area (Å²) in [5.74, 6) is 2.29. The summed E-state index contributed by atoms with van der Waals surface area (Å²) in [6.07, 6.45) is -0.566. The molecule has 5 heterocycles. The van der Waals surface area contributed by atoms with Crippen molar-refractivity contribution in [1.29, 1.82) is 0 Å². The minimum Gasteiger partial charge on any atom is -0.443 e. The highest BCUT2D eigenvalue weighted by Gasteiger charge is 2.35. The van der Waals surface area contributed by atoms with Crippen molar-refractivity contribution in [1.82, 2.24) is 30.0 Å². The fourth-order valence-corrected chi connectivity index (χ4v) is 4.67. The first-order valence-electron chi connectivity index (χ1n) is 12.5. The van der Waals surface area contributed by atoms with Crippen LogP contribution in [0.5, 0.6) is 0 Å². The van der Waals surface area contributed by atoms with Crippen LogP contribution in [0.15, 0.2) is 24.3 Å². The van der Waals surface area contributed by atoms with E-state index in [2.05, 4.69) is 33.9 Å². The third-order valence-corrected chi connectivity index (χ3v) is 6.93. The van der Waals surface area contributed by atoms with Gasteiger partial charge in [-0.1, -0.05) is 6.07 Å². The highest BCUT2D eigenvalue weighted by atomic mass is 16.5. The molecular formula is C26H32N8O4. The lowest BCUT2D eigenvalue weighted by molar-refractivity contribution is 0.0190. The molecule has 12 heteroatoms. The Kier molecular flexibility index (Phi) is 6.51. The Hall–Kier alpha value is -4.06. The molecule has 0 saturated heterocycles. The number of pyridine rings is 2. The smallest absolute Gasteiger partial charge is 0.407 e. The molecule has 0 aromatic carbocycles. The number of nitrogens with one attached hydrogen (secondary N) is 1. The van der Waals surface area contributed by atoms with Crippen LogP contribution >= 0.6 is 0 Å². The van der Waals surface area contributed by atoms with Gasteiger partial charge in [0.05, 0.1) is 29.9 Å². The van der Waals surface area contributed by atoms with E-state index in [-0.39, 0.29) is 30.6 Å². The summed E-state index contributed by atoms with van der Waals surface area (Å²) in [4.78, 5) is 38.6. The molecule has 0 unspecified atom stereocenters. The fourth-order valence-electron chi connectivity index (χ4n) is 4.67. The minimum atomic E-state index is -0.566. The molecule has 0 saturated carbocycles. The predicted molar refractivity (Wildman–Crippen MR) is 140 cm³/mol. The number of carbonyl (C=O) groups excluding carboxylic acids is 2. The zero-order valence-electron chi connectivity index (χ0n) is 22.5. The second-order valence-corrected chi connectivity index (χ2v) is 10.3. The summed E-state index contributed by atoms with van der Waals surface area (Å²) in [6.45, 7) is 9.32. The molecule has 0 radical (unpaired) electrons. The third kappa shape index (κ3) is 4.44. The average molecular weight is 521 g/mol. The number of fused-ring (bicyclic) bond motifs is 2. The lowest BCUT2D eigenvalue weighted by atomic mass is 10.0. The molecule has 2 aliphatic heterocycles. The number of carbonyl (C=O) groups is 2. The van der Waals surface area contributed by atoms with Crippen molar-refractivity contribution < 1.29 is 19.1 Å². The number of amides is 2. The van der Waals surface area contributed by atoms with Crippen LogP contribution in [0.2, 0.25) is 0 Å². The van der Waals surface area contributed by atoms with E-state index in [1.54, 1.807) is 17.0 Å². The number of alkyl carbamates (subject to hydrolysis) is 1. The lowest BCUT2D eigenvalue weighted by Gasteiger charge is -2.32. The Morgan fingerprint density at radius 1 is 1.26 bits per heavy atom. The van der Waals surface area contributed by atoms with Gasteiger partial charge < -0.3 is 19.7 Å². The van der Waals surface area contributed by atoms with Gasteiger partial charge in [0, 0.05) is 25.7 Å². The van der Waals surface area contributed by atoms with Gasteiger partial charge in [-0.15, -0.1) is 10.2 Å². The van der Waals surface area contributed by atoms with Crippen LogP contribution in [0, 0.1) is 0 Å². The van der Waals surface area contributed by atoms with E-state index in [1.165, 1.54) is 7.05 Å². The van der Waals surface area contributed by atoms with Crippen LogP contribution in [0.25, 0.3) is 11.5 Å². The van der Waals surface area contributed by atoms with Crippen molar-refractivity contribution in [3.05, 3.63) is 46.9 Å². The van der Waals surface area contributed by atoms with Gasteiger partial charge >= 0.3 is 6.09 Å². The van der Waals surface area contributed by atoms with Crippen molar-refractivity contribution in [3.8, 4) is 11.5 Å². The van der Waals surface area contributed by atoms with Gasteiger partial charge in [0.15, 0.2) is 11.6 Å². The van der Waals surface area contributed by atoms with E-state index in [1.807, 2.05) is 37.9 Å². The molecule has 0 aliphatic carbocycles. The molecule has 200 valence electrons. The van der Waals surface area contributed by atoms with Crippen LogP contribution in [-0.2, 0) is 34.8 Å². The van der Waals surface area contributed by atoms with Gasteiger partial charge in [-0.2, -0.15) is 0 Å². The molecule has 0 spiro atoms. The summed E-state index contributed by atoms with van der Waals surface area (Å²) in [5, 5.41) is 11.1. The van der Waals surface area contributed by atoms with Crippen LogP contribution in [-0.4, -0.2) is 63.5 Å². The number of ether oxygens (including phenoxy) is 2. The van der Waals surface area contributed by atoms with Crippen LogP contribution < -0.4 is 15.1 Å². The van der Waals surface area contributed by atoms with E-state index >= 15 is 0 Å². The molecule has 12 nitrogen and oxygen atoms in total. The number of nitrogens with zero attached hydrogens (tertiary/aromatic N) is 7. The Balaban J connectivity index is 1.51. The largest absolute Gasteiger partial charge is 0.443 e. The van der Waals surface area contributed by atoms with Gasteiger partial charge in [-0.25, -0.2) is 14.8 Å². The maximum atomic E-state index is 13.7. The number of rotatable bonds is 6. The molecule has 3 aromatic heterocycles. The summed E-state index contributed by atoms with van der Waals surface area (Å²) < 4.78 is 13.0. The quantitative estimate of drug-likeness (QED) is 0.522. The number of hydrogen-bond acceptors (Lipinski definition) is 9. The zero-order chi connectivity index (χ0) is 27.2. The Morgan fingerprint density at radius 3 is 2.79 bits per heavy atom. The van der Waals surface area contributed by atoms with E-state index in [9.17, 15) is 9.59 Å². The highest BCUT2D eigenvalue weighted by molar-refractivity contribution is 6.10. The van der Waals surface area contributed by atoms with Gasteiger partial charge in [-0.3, -0.25) is 14.3 Å². The normalized spacial score (nSPS) is 15.9. The SMILES string of the molecule is CNC(=O)OCc1nc(N(C)C(C)C)cc2c1CN(c1cccc(-c3nnc4n3C(C)(C)COC4)n1)C2=O. The zero-order valence-corrected chi connectivity index (χ0v) is 22.5. The minimum absolute atomic E-state index is 0.0561. The van der Waals surface area contributed by atoms with E-state index in [0.717, 1.165) is 5.82 Å². The molecular weight excluding hydrogens is 488 g/mol. The van der Waals surface area contributed by atoms with Crippen molar-refractivity contribution in [3.63, 3.8) is 0 Å². The molecule has 0 bridgehead atoms. The topological polar surface area (TPSA) is 128 Å². The number of anilines is 2. The summed E-state index contributed by atoms with van der Waals surface area (Å²) >= 11 is 0. The molecule has 5 rings (SSSR count). The maximum Gasteiger partial charge on any atom is 0.407 e. The van der Waals surface area contributed by atoms with Crippen molar-refractivity contribution >= 4 is 23.6 Å². The molecule has 2 amide bonds. The summed E-state index contributed by atoms with van der Waals surface area (Å²) in [7, 11) is 3.41. The van der Waals surface area contributed by atoms with Crippen LogP contribution in [0.4, 0.5) is 16.4 Å². The highest BCUT2D eigenvalue weighted by Crippen LogP contribution is 2.34. The van der Waals surface area contributed by atoms with Crippen LogP contribution in [0.3, 0.4) is 0 Å². The van der Waals surface area contributed by atoms with Gasteiger partial charge in [0.1, 0.15) is 30.5 Å². The van der Waals surface area contributed by atoms with Gasteiger partial charge in [0.2, 0.25) is 0 Å². The summed E-state index contributed by atoms with van der Waals surface area (Å²) in [6, 6.07) is 7.46. The Labute approximate surface area is 221 Å². The first-order chi connectivity index (χ1) is 18.1. The molecule has 38 heavy (non-hydrogen) atoms. The van der Waals surface area contributed by atoms with Gasteiger partial charge in [-0.05, 0) is 45.9 Å². The Morgan fingerprint density at radius 2 is 2.05 bits per heavy atom. The van der Waals surface area contributed by atoms with Crippen molar-refractivity contribution in [2.24, 2.45) is 0 Å².